The molecule has 1 saturated heterocycles. The van der Waals surface area contributed by atoms with Crippen molar-refractivity contribution in [1.82, 2.24) is 19.8 Å². The molecule has 0 aliphatic carbocycles. The van der Waals surface area contributed by atoms with Crippen molar-refractivity contribution in [1.29, 1.82) is 0 Å². The molecule has 1 amide bonds. The first-order valence-electron chi connectivity index (χ1n) is 6.59. The molecule has 0 radical (unpaired) electrons. The van der Waals surface area contributed by atoms with Crippen molar-refractivity contribution in [3.8, 4) is 0 Å². The van der Waals surface area contributed by atoms with Gasteiger partial charge in [-0.25, -0.2) is 4.98 Å². The molecule has 1 unspecified atom stereocenters. The highest BCUT2D eigenvalue weighted by atomic mass is 16.2. The molecule has 5 heteroatoms. The molecule has 1 aromatic rings. The molecule has 2 rings (SSSR count). The quantitative estimate of drug-likeness (QED) is 0.861. The van der Waals surface area contributed by atoms with Gasteiger partial charge in [0.1, 0.15) is 0 Å². The normalized spacial score (nSPS) is 19.8. The van der Waals surface area contributed by atoms with E-state index in [1.807, 2.05) is 12.5 Å². The minimum atomic E-state index is 0.163. The number of carbonyl (C=O) groups excluding carboxylic acids is 1. The number of rotatable bonds is 4. The van der Waals surface area contributed by atoms with Crippen LogP contribution in [0.4, 0.5) is 0 Å². The van der Waals surface area contributed by atoms with E-state index in [2.05, 4.69) is 14.9 Å². The number of nitrogens with one attached hydrogen (secondary N) is 1. The summed E-state index contributed by atoms with van der Waals surface area (Å²) in [7, 11) is 3.59. The van der Waals surface area contributed by atoms with Crippen LogP contribution in [0.1, 0.15) is 30.9 Å². The molecule has 1 fully saturated rings. The first kappa shape index (κ1) is 13.1. The molecule has 1 aliphatic rings. The molecule has 0 bridgehead atoms. The first-order valence-corrected chi connectivity index (χ1v) is 6.59. The van der Waals surface area contributed by atoms with E-state index in [0.717, 1.165) is 19.6 Å². The molecule has 0 spiro atoms. The second kappa shape index (κ2) is 6.00. The molecule has 18 heavy (non-hydrogen) atoms. The van der Waals surface area contributed by atoms with E-state index < -0.39 is 0 Å². The summed E-state index contributed by atoms with van der Waals surface area (Å²) in [5.74, 6) is 0.701. The standard InChI is InChI=1S/C13H22N4O/c1-16(2)13(18)5-7-17-10-15-9-12(17)11-4-3-6-14-8-11/h9-11,14H,3-8H2,1-2H3. The van der Waals surface area contributed by atoms with Crippen molar-refractivity contribution in [2.24, 2.45) is 0 Å². The Labute approximate surface area is 108 Å². The molecule has 1 aliphatic heterocycles. The SMILES string of the molecule is CN(C)C(=O)CCn1cncc1C1CCCNC1. The molecule has 100 valence electrons. The largest absolute Gasteiger partial charge is 0.349 e. The van der Waals surface area contributed by atoms with Crippen LogP contribution in [0.15, 0.2) is 12.5 Å². The third-order valence-electron chi connectivity index (χ3n) is 3.53. The van der Waals surface area contributed by atoms with Crippen LogP contribution < -0.4 is 5.32 Å². The van der Waals surface area contributed by atoms with Gasteiger partial charge in [0, 0.05) is 51.4 Å². The fourth-order valence-electron chi connectivity index (χ4n) is 2.40. The maximum Gasteiger partial charge on any atom is 0.223 e. The minimum Gasteiger partial charge on any atom is -0.349 e. The van der Waals surface area contributed by atoms with Gasteiger partial charge in [0.2, 0.25) is 5.91 Å². The third kappa shape index (κ3) is 3.10. The van der Waals surface area contributed by atoms with Gasteiger partial charge in [0.05, 0.1) is 6.33 Å². The second-order valence-corrected chi connectivity index (χ2v) is 5.09. The van der Waals surface area contributed by atoms with Gasteiger partial charge in [-0.1, -0.05) is 0 Å². The van der Waals surface area contributed by atoms with Gasteiger partial charge < -0.3 is 14.8 Å². The lowest BCUT2D eigenvalue weighted by Crippen LogP contribution is -2.30. The van der Waals surface area contributed by atoms with E-state index in [-0.39, 0.29) is 5.91 Å². The maximum absolute atomic E-state index is 11.6. The van der Waals surface area contributed by atoms with E-state index in [9.17, 15) is 4.79 Å². The Bertz CT molecular complexity index is 393. The van der Waals surface area contributed by atoms with Crippen LogP contribution >= 0.6 is 0 Å². The average Bonchev–Trinajstić information content (AvgIpc) is 2.85. The van der Waals surface area contributed by atoms with Crippen molar-refractivity contribution < 1.29 is 4.79 Å². The number of nitrogens with zero attached hydrogens (tertiary/aromatic N) is 3. The average molecular weight is 250 g/mol. The smallest absolute Gasteiger partial charge is 0.223 e. The maximum atomic E-state index is 11.6. The lowest BCUT2D eigenvalue weighted by Gasteiger charge is -2.23. The number of carbonyl (C=O) groups is 1. The Morgan fingerprint density at radius 2 is 2.44 bits per heavy atom. The topological polar surface area (TPSA) is 50.2 Å². The van der Waals surface area contributed by atoms with Gasteiger partial charge in [-0.2, -0.15) is 0 Å². The van der Waals surface area contributed by atoms with Gasteiger partial charge in [0.25, 0.3) is 0 Å². The van der Waals surface area contributed by atoms with Crippen LogP contribution in [0.3, 0.4) is 0 Å². The van der Waals surface area contributed by atoms with Gasteiger partial charge in [-0.3, -0.25) is 4.79 Å². The van der Waals surface area contributed by atoms with Crippen molar-refractivity contribution in [2.45, 2.75) is 31.7 Å². The summed E-state index contributed by atoms with van der Waals surface area (Å²) in [6.45, 7) is 2.86. The van der Waals surface area contributed by atoms with Gasteiger partial charge in [0.15, 0.2) is 0 Å². The summed E-state index contributed by atoms with van der Waals surface area (Å²) in [6.07, 6.45) is 6.74. The molecule has 1 N–H and O–H groups in total. The first-order chi connectivity index (χ1) is 8.68. The molecule has 0 saturated carbocycles. The van der Waals surface area contributed by atoms with Crippen LogP contribution in [-0.2, 0) is 11.3 Å². The van der Waals surface area contributed by atoms with Crippen molar-refractivity contribution >= 4 is 5.91 Å². The van der Waals surface area contributed by atoms with Gasteiger partial charge >= 0.3 is 0 Å². The number of amides is 1. The van der Waals surface area contributed by atoms with Crippen LogP contribution in [0, 0.1) is 0 Å². The summed E-state index contributed by atoms with van der Waals surface area (Å²) in [4.78, 5) is 17.5. The number of piperidine rings is 1. The fraction of sp³-hybridized carbons (Fsp3) is 0.692. The second-order valence-electron chi connectivity index (χ2n) is 5.09. The van der Waals surface area contributed by atoms with E-state index in [4.69, 9.17) is 0 Å². The molecule has 1 aromatic heterocycles. The Kier molecular flexibility index (Phi) is 4.36. The molecule has 2 heterocycles. The zero-order valence-electron chi connectivity index (χ0n) is 11.2. The summed E-state index contributed by atoms with van der Waals surface area (Å²) < 4.78 is 2.12. The van der Waals surface area contributed by atoms with E-state index in [1.165, 1.54) is 18.5 Å². The predicted octanol–water partition coefficient (Wildman–Crippen LogP) is 0.828. The Hall–Kier alpha value is -1.36. The minimum absolute atomic E-state index is 0.163. The summed E-state index contributed by atoms with van der Waals surface area (Å²) >= 11 is 0. The summed E-state index contributed by atoms with van der Waals surface area (Å²) in [5.41, 5.74) is 1.26. The lowest BCUT2D eigenvalue weighted by molar-refractivity contribution is -0.128. The van der Waals surface area contributed by atoms with Crippen LogP contribution in [0.5, 0.6) is 0 Å². The molecule has 0 aromatic carbocycles. The third-order valence-corrected chi connectivity index (χ3v) is 3.53. The highest BCUT2D eigenvalue weighted by molar-refractivity contribution is 5.75. The summed E-state index contributed by atoms with van der Waals surface area (Å²) in [6, 6.07) is 0. The van der Waals surface area contributed by atoms with Gasteiger partial charge in [-0.05, 0) is 19.4 Å². The predicted molar refractivity (Wildman–Crippen MR) is 70.4 cm³/mol. The number of aryl methyl sites for hydroxylation is 1. The Balaban J connectivity index is 1.96. The van der Waals surface area contributed by atoms with Crippen molar-refractivity contribution in [2.75, 3.05) is 27.2 Å². The zero-order valence-corrected chi connectivity index (χ0v) is 11.2. The van der Waals surface area contributed by atoms with Crippen LogP contribution in [0.2, 0.25) is 0 Å². The van der Waals surface area contributed by atoms with E-state index in [0.29, 0.717) is 12.3 Å². The van der Waals surface area contributed by atoms with Crippen molar-refractivity contribution in [3.05, 3.63) is 18.2 Å². The number of hydrogen-bond acceptors (Lipinski definition) is 3. The Morgan fingerprint density at radius 3 is 3.11 bits per heavy atom. The van der Waals surface area contributed by atoms with E-state index >= 15 is 0 Å². The fourth-order valence-corrected chi connectivity index (χ4v) is 2.40. The van der Waals surface area contributed by atoms with Crippen LogP contribution in [0.25, 0.3) is 0 Å². The number of aromatic nitrogens is 2. The Morgan fingerprint density at radius 1 is 1.61 bits per heavy atom. The molecular weight excluding hydrogens is 228 g/mol. The molecular formula is C13H22N4O. The number of imidazole rings is 1. The van der Waals surface area contributed by atoms with Crippen LogP contribution in [-0.4, -0.2) is 47.5 Å². The molecule has 5 nitrogen and oxygen atoms in total. The lowest BCUT2D eigenvalue weighted by atomic mass is 9.96. The monoisotopic (exact) mass is 250 g/mol. The highest BCUT2D eigenvalue weighted by Crippen LogP contribution is 2.22. The molecule has 1 atom stereocenters. The zero-order chi connectivity index (χ0) is 13.0. The summed E-state index contributed by atoms with van der Waals surface area (Å²) in [5, 5.41) is 3.42. The number of hydrogen-bond donors (Lipinski definition) is 1. The highest BCUT2D eigenvalue weighted by Gasteiger charge is 2.19. The van der Waals surface area contributed by atoms with Crippen molar-refractivity contribution in [3.63, 3.8) is 0 Å². The van der Waals surface area contributed by atoms with E-state index in [1.54, 1.807) is 19.0 Å². The van der Waals surface area contributed by atoms with Gasteiger partial charge in [-0.15, -0.1) is 0 Å².